The molecule has 1 aromatic carbocycles. The van der Waals surface area contributed by atoms with Gasteiger partial charge in [0.25, 0.3) is 0 Å². The standard InChI is InChI=1S/C13H10FNO3S2/c14-8-3-1-4-9(12(8)13(17)18)15-10(16)7-20-11-5-2-6-19-11/h1-6H,7H2,(H,15,16)(H,17,18). The minimum absolute atomic E-state index is 0.0331. The molecule has 0 fully saturated rings. The quantitative estimate of drug-likeness (QED) is 0.831. The van der Waals surface area contributed by atoms with Crippen molar-refractivity contribution in [2.24, 2.45) is 0 Å². The van der Waals surface area contributed by atoms with E-state index in [1.165, 1.54) is 35.2 Å². The summed E-state index contributed by atoms with van der Waals surface area (Å²) in [5.41, 5.74) is -0.559. The summed E-state index contributed by atoms with van der Waals surface area (Å²) < 4.78 is 14.4. The highest BCUT2D eigenvalue weighted by Crippen LogP contribution is 2.24. The summed E-state index contributed by atoms with van der Waals surface area (Å²) in [5, 5.41) is 13.3. The van der Waals surface area contributed by atoms with Crippen LogP contribution in [-0.4, -0.2) is 22.7 Å². The van der Waals surface area contributed by atoms with Crippen molar-refractivity contribution in [1.82, 2.24) is 0 Å². The van der Waals surface area contributed by atoms with Crippen molar-refractivity contribution in [2.45, 2.75) is 4.21 Å². The molecule has 0 radical (unpaired) electrons. The molecular formula is C13H10FNO3S2. The average Bonchev–Trinajstić information content (AvgIpc) is 2.89. The first-order valence-corrected chi connectivity index (χ1v) is 7.42. The Morgan fingerprint density at radius 3 is 2.75 bits per heavy atom. The number of thioether (sulfide) groups is 1. The molecule has 104 valence electrons. The molecule has 0 saturated carbocycles. The van der Waals surface area contributed by atoms with Crippen molar-refractivity contribution in [1.29, 1.82) is 0 Å². The molecule has 2 rings (SSSR count). The van der Waals surface area contributed by atoms with Crippen molar-refractivity contribution in [3.8, 4) is 0 Å². The normalized spacial score (nSPS) is 10.2. The fourth-order valence-corrected chi connectivity index (χ4v) is 3.10. The van der Waals surface area contributed by atoms with Crippen molar-refractivity contribution < 1.29 is 19.1 Å². The molecule has 2 aromatic rings. The maximum atomic E-state index is 13.4. The summed E-state index contributed by atoms with van der Waals surface area (Å²) in [6.45, 7) is 0. The van der Waals surface area contributed by atoms with Crippen molar-refractivity contribution >= 4 is 40.7 Å². The summed E-state index contributed by atoms with van der Waals surface area (Å²) in [6.07, 6.45) is 0. The van der Waals surface area contributed by atoms with Crippen LogP contribution in [-0.2, 0) is 4.79 Å². The molecular weight excluding hydrogens is 301 g/mol. The highest BCUT2D eigenvalue weighted by molar-refractivity contribution is 8.01. The lowest BCUT2D eigenvalue weighted by Crippen LogP contribution is -2.17. The minimum atomic E-state index is -1.41. The van der Waals surface area contributed by atoms with Crippen LogP contribution in [0.3, 0.4) is 0 Å². The summed E-state index contributed by atoms with van der Waals surface area (Å²) in [6, 6.07) is 7.51. The van der Waals surface area contributed by atoms with Gasteiger partial charge in [-0.2, -0.15) is 0 Å². The smallest absolute Gasteiger partial charge is 0.340 e. The molecule has 0 aliphatic heterocycles. The van der Waals surface area contributed by atoms with Gasteiger partial charge in [0.05, 0.1) is 15.6 Å². The van der Waals surface area contributed by atoms with E-state index < -0.39 is 17.3 Å². The number of carbonyl (C=O) groups excluding carboxylic acids is 1. The molecule has 0 saturated heterocycles. The predicted octanol–water partition coefficient (Wildman–Crippen LogP) is 3.32. The van der Waals surface area contributed by atoms with Crippen LogP contribution in [0, 0.1) is 5.82 Å². The number of aromatic carboxylic acids is 1. The monoisotopic (exact) mass is 311 g/mol. The van der Waals surface area contributed by atoms with Gasteiger partial charge in [-0.25, -0.2) is 9.18 Å². The number of anilines is 1. The number of hydrogen-bond donors (Lipinski definition) is 2. The first-order chi connectivity index (χ1) is 9.58. The van der Waals surface area contributed by atoms with E-state index in [1.54, 1.807) is 0 Å². The van der Waals surface area contributed by atoms with Gasteiger partial charge < -0.3 is 10.4 Å². The van der Waals surface area contributed by atoms with E-state index in [0.29, 0.717) is 0 Å². The maximum absolute atomic E-state index is 13.4. The molecule has 0 atom stereocenters. The van der Waals surface area contributed by atoms with Crippen molar-refractivity contribution in [3.05, 3.63) is 47.1 Å². The molecule has 0 unspecified atom stereocenters. The van der Waals surface area contributed by atoms with Crippen LogP contribution in [0.1, 0.15) is 10.4 Å². The van der Waals surface area contributed by atoms with Gasteiger partial charge in [-0.05, 0) is 23.6 Å². The molecule has 1 amide bonds. The van der Waals surface area contributed by atoms with Crippen LogP contribution < -0.4 is 5.32 Å². The van der Waals surface area contributed by atoms with E-state index in [4.69, 9.17) is 5.11 Å². The maximum Gasteiger partial charge on any atom is 0.340 e. The van der Waals surface area contributed by atoms with E-state index in [1.807, 2.05) is 17.5 Å². The zero-order chi connectivity index (χ0) is 14.5. The SMILES string of the molecule is O=C(CSc1cccs1)Nc1cccc(F)c1C(=O)O. The molecule has 1 aromatic heterocycles. The third-order valence-electron chi connectivity index (χ3n) is 2.34. The lowest BCUT2D eigenvalue weighted by Gasteiger charge is -2.08. The Bertz CT molecular complexity index is 629. The Hall–Kier alpha value is -1.86. The van der Waals surface area contributed by atoms with Gasteiger partial charge in [0.15, 0.2) is 0 Å². The Morgan fingerprint density at radius 2 is 2.10 bits per heavy atom. The summed E-state index contributed by atoms with van der Waals surface area (Å²) in [4.78, 5) is 22.7. The van der Waals surface area contributed by atoms with Crippen molar-refractivity contribution in [2.75, 3.05) is 11.1 Å². The van der Waals surface area contributed by atoms with E-state index in [9.17, 15) is 14.0 Å². The molecule has 0 aliphatic carbocycles. The van der Waals surface area contributed by atoms with Crippen LogP contribution >= 0.6 is 23.1 Å². The number of carbonyl (C=O) groups is 2. The predicted molar refractivity (Wildman–Crippen MR) is 77.0 cm³/mol. The number of carboxylic acids is 1. The lowest BCUT2D eigenvalue weighted by molar-refractivity contribution is -0.113. The molecule has 2 N–H and O–H groups in total. The number of rotatable bonds is 5. The third-order valence-corrected chi connectivity index (χ3v) is 4.47. The first-order valence-electron chi connectivity index (χ1n) is 5.56. The van der Waals surface area contributed by atoms with E-state index in [0.717, 1.165) is 10.3 Å². The first kappa shape index (κ1) is 14.5. The van der Waals surface area contributed by atoms with E-state index in [-0.39, 0.29) is 17.3 Å². The molecule has 0 aliphatic rings. The molecule has 20 heavy (non-hydrogen) atoms. The van der Waals surface area contributed by atoms with Gasteiger partial charge in [-0.15, -0.1) is 23.1 Å². The van der Waals surface area contributed by atoms with Gasteiger partial charge in [0, 0.05) is 0 Å². The highest BCUT2D eigenvalue weighted by atomic mass is 32.2. The van der Waals surface area contributed by atoms with Crippen LogP contribution in [0.25, 0.3) is 0 Å². The summed E-state index contributed by atoms with van der Waals surface area (Å²) in [7, 11) is 0. The molecule has 0 bridgehead atoms. The Morgan fingerprint density at radius 1 is 1.30 bits per heavy atom. The van der Waals surface area contributed by atoms with Gasteiger partial charge in [0.2, 0.25) is 5.91 Å². The van der Waals surface area contributed by atoms with Gasteiger partial charge in [-0.3, -0.25) is 4.79 Å². The summed E-state index contributed by atoms with van der Waals surface area (Å²) in [5.74, 6) is -2.53. The Kier molecular flexibility index (Phi) is 4.75. The molecule has 4 nitrogen and oxygen atoms in total. The van der Waals surface area contributed by atoms with Crippen molar-refractivity contribution in [3.63, 3.8) is 0 Å². The number of nitrogens with one attached hydrogen (secondary N) is 1. The number of benzene rings is 1. The second-order valence-corrected chi connectivity index (χ2v) is 5.96. The number of halogens is 1. The highest BCUT2D eigenvalue weighted by Gasteiger charge is 2.17. The van der Waals surface area contributed by atoms with Crippen LogP contribution in [0.4, 0.5) is 10.1 Å². The number of thiophene rings is 1. The molecule has 7 heteroatoms. The minimum Gasteiger partial charge on any atom is -0.478 e. The fraction of sp³-hybridized carbons (Fsp3) is 0.0769. The second kappa shape index (κ2) is 6.53. The number of hydrogen-bond acceptors (Lipinski definition) is 4. The van der Waals surface area contributed by atoms with Crippen LogP contribution in [0.2, 0.25) is 0 Å². The van der Waals surface area contributed by atoms with Crippen LogP contribution in [0.15, 0.2) is 39.9 Å². The zero-order valence-corrected chi connectivity index (χ0v) is 11.8. The Labute approximate surface area is 122 Å². The third kappa shape index (κ3) is 3.58. The van der Waals surface area contributed by atoms with Crippen LogP contribution in [0.5, 0.6) is 0 Å². The largest absolute Gasteiger partial charge is 0.478 e. The van der Waals surface area contributed by atoms with Gasteiger partial charge in [-0.1, -0.05) is 12.1 Å². The fourth-order valence-electron chi connectivity index (χ4n) is 1.51. The second-order valence-electron chi connectivity index (χ2n) is 3.74. The lowest BCUT2D eigenvalue weighted by atomic mass is 10.1. The van der Waals surface area contributed by atoms with Gasteiger partial charge >= 0.3 is 5.97 Å². The molecule has 1 heterocycles. The summed E-state index contributed by atoms with van der Waals surface area (Å²) >= 11 is 2.85. The average molecular weight is 311 g/mol. The zero-order valence-electron chi connectivity index (χ0n) is 10.1. The Balaban J connectivity index is 2.04. The topological polar surface area (TPSA) is 66.4 Å². The van der Waals surface area contributed by atoms with Gasteiger partial charge in [0.1, 0.15) is 11.4 Å². The molecule has 0 spiro atoms. The number of amides is 1. The number of carboxylic acid groups (broad SMARTS) is 1. The van der Waals surface area contributed by atoms with E-state index in [2.05, 4.69) is 5.32 Å². The van der Waals surface area contributed by atoms with E-state index >= 15 is 0 Å².